The van der Waals surface area contributed by atoms with Crippen LogP contribution in [0.5, 0.6) is 23.5 Å². The molecule has 5 N–H and O–H groups in total. The van der Waals surface area contributed by atoms with Crippen molar-refractivity contribution in [1.29, 1.82) is 0 Å². The second kappa shape index (κ2) is 43.2. The van der Waals surface area contributed by atoms with E-state index in [2.05, 4.69) is 98.1 Å². The summed E-state index contributed by atoms with van der Waals surface area (Å²) in [7, 11) is 1.78. The van der Waals surface area contributed by atoms with Crippen molar-refractivity contribution in [2.24, 2.45) is 0 Å². The predicted molar refractivity (Wildman–Crippen MR) is 564 cm³/mol. The number of imidazole rings is 4. The first-order chi connectivity index (χ1) is 71.9. The lowest BCUT2D eigenvalue weighted by molar-refractivity contribution is 0.246. The molecule has 16 heterocycles. The van der Waals surface area contributed by atoms with Gasteiger partial charge in [0.25, 0.3) is 0 Å². The zero-order chi connectivity index (χ0) is 101. The zero-order valence-corrected chi connectivity index (χ0v) is 82.6. The van der Waals surface area contributed by atoms with Crippen LogP contribution in [-0.4, -0.2) is 145 Å². The maximum Gasteiger partial charge on any atom is 0.233 e. The third kappa shape index (κ3) is 20.9. The number of nitrogen functional groups attached to an aromatic ring is 1. The summed E-state index contributed by atoms with van der Waals surface area (Å²) < 4.78 is 88.3. The number of ether oxygens (including phenoxy) is 4. The number of aryl methyl sites for hydroxylation is 5. The number of hydrogen-bond acceptors (Lipinski definition) is 24. The molecule has 4 atom stereocenters. The first-order valence-corrected chi connectivity index (χ1v) is 49.8. The Kier molecular flexibility index (Phi) is 28.4. The highest BCUT2D eigenvalue weighted by Gasteiger charge is 2.38. The number of anilines is 4. The highest BCUT2D eigenvalue weighted by atomic mass is 35.5. The van der Waals surface area contributed by atoms with Crippen molar-refractivity contribution in [1.82, 2.24) is 98.0 Å². The van der Waals surface area contributed by atoms with Gasteiger partial charge < -0.3 is 58.9 Å². The van der Waals surface area contributed by atoms with Crippen LogP contribution in [-0.2, 0) is 25.7 Å². The van der Waals surface area contributed by atoms with Crippen LogP contribution in [0.3, 0.4) is 0 Å². The summed E-state index contributed by atoms with van der Waals surface area (Å²) in [4.78, 5) is 74.2. The highest BCUT2D eigenvalue weighted by molar-refractivity contribution is 6.33. The third-order valence-corrected chi connectivity index (χ3v) is 26.9. The first-order valence-electron chi connectivity index (χ1n) is 48.6. The van der Waals surface area contributed by atoms with Crippen LogP contribution < -0.4 is 40.6 Å². The molecule has 12 aromatic heterocycles. The van der Waals surface area contributed by atoms with Crippen molar-refractivity contribution >= 4 is 102 Å². The van der Waals surface area contributed by atoms with Gasteiger partial charge in [0.15, 0.2) is 0 Å². The normalized spacial score (nSPS) is 14.7. The number of aromatic nitrogens is 20. The topological polar surface area (TPSA) is 325 Å². The fraction of sp³-hybridized carbons (Fsp3) is 0.214. The number of para-hydroxylation sites is 4. The molecule has 0 bridgehead atoms. The van der Waals surface area contributed by atoms with Crippen LogP contribution >= 0.6 is 34.8 Å². The van der Waals surface area contributed by atoms with Gasteiger partial charge in [0.2, 0.25) is 47.3 Å². The van der Waals surface area contributed by atoms with Gasteiger partial charge in [0.1, 0.15) is 88.1 Å². The summed E-state index contributed by atoms with van der Waals surface area (Å²) in [5.41, 5.74) is 22.8. The number of benzene rings is 8. The van der Waals surface area contributed by atoms with Gasteiger partial charge in [-0.1, -0.05) is 121 Å². The van der Waals surface area contributed by atoms with E-state index in [1.165, 1.54) is 48.5 Å². The molecule has 0 amide bonds. The van der Waals surface area contributed by atoms with E-state index >= 15 is 0 Å². The van der Waals surface area contributed by atoms with Gasteiger partial charge in [-0.25, -0.2) is 97.3 Å². The van der Waals surface area contributed by atoms with E-state index in [9.17, 15) is 17.6 Å². The lowest BCUT2D eigenvalue weighted by Gasteiger charge is -2.19. The molecule has 0 radical (unpaired) electrons. The van der Waals surface area contributed by atoms with Gasteiger partial charge in [0.05, 0.1) is 115 Å². The van der Waals surface area contributed by atoms with E-state index in [1.807, 2.05) is 141 Å². The number of rotatable bonds is 27. The molecule has 20 aromatic rings. The fourth-order valence-corrected chi connectivity index (χ4v) is 19.8. The quantitative estimate of drug-likeness (QED) is 0.0274. The molecule has 0 saturated carbocycles. The molecule has 4 aliphatic rings. The molecular formula is C112H97Cl3F4N24O4. The summed E-state index contributed by atoms with van der Waals surface area (Å²) in [6.45, 7) is 9.24. The monoisotopic (exact) mass is 2020 g/mol. The lowest BCUT2D eigenvalue weighted by Crippen LogP contribution is -2.16. The predicted octanol–water partition coefficient (Wildman–Crippen LogP) is 24.6. The average molecular weight is 2030 g/mol. The molecule has 147 heavy (non-hydrogen) atoms. The van der Waals surface area contributed by atoms with E-state index in [0.29, 0.717) is 101 Å². The van der Waals surface area contributed by atoms with Crippen molar-refractivity contribution in [3.63, 3.8) is 0 Å². The number of nitrogens with zero attached hydrogens (tertiary/aromatic N) is 20. The van der Waals surface area contributed by atoms with Gasteiger partial charge in [-0.3, -0.25) is 0 Å². The van der Waals surface area contributed by atoms with Crippen molar-refractivity contribution in [2.75, 3.05) is 68.2 Å². The molecule has 0 saturated heterocycles. The Morgan fingerprint density at radius 2 is 0.633 bits per heavy atom. The molecule has 35 heteroatoms. The highest BCUT2D eigenvalue weighted by Crippen LogP contribution is 2.47. The first kappa shape index (κ1) is 96.7. The molecule has 28 nitrogen and oxygen atoms in total. The second-order valence-electron chi connectivity index (χ2n) is 35.8. The SMILES string of the molecule is CCCCNc1nccc(-c2c(-c3ccc(F)cc3)nc3n2C(COc2nc4ccccc4cc2C)CC3)n1.CCNc1nccc(-c2c(-c3ccc(F)cc3)nc3n2C(COc2nc4ccccc4cc2Cl)CC3)n1.CNc1nccc(-c2c(-c3ccc(F)cc3)nc3n2C(COc2nc4ccccc4cc2Cl)CC3)n1.Nc1nccc(-c2c(-c3ccc(F)cc3)nc3n2C(COc2nc4ccccc4cc2Cl)CC3)n1. The number of fused-ring (bicyclic) bond motifs is 8. The maximum atomic E-state index is 13.8. The van der Waals surface area contributed by atoms with Crippen LogP contribution in [0, 0.1) is 30.2 Å². The van der Waals surface area contributed by atoms with Crippen molar-refractivity contribution in [3.8, 4) is 114 Å². The number of halogens is 7. The Balaban J connectivity index is 0.000000115. The number of hydrogen-bond donors (Lipinski definition) is 4. The molecule has 8 aromatic carbocycles. The minimum absolute atomic E-state index is 0.00552. The fourth-order valence-electron chi connectivity index (χ4n) is 19.1. The van der Waals surface area contributed by atoms with Crippen LogP contribution in [0.4, 0.5) is 41.4 Å². The Bertz CT molecular complexity index is 8230. The molecule has 4 aliphatic heterocycles. The minimum atomic E-state index is -0.306. The summed E-state index contributed by atoms with van der Waals surface area (Å²) in [6.07, 6.45) is 15.6. The molecule has 0 spiro atoms. The van der Waals surface area contributed by atoms with Gasteiger partial charge >= 0.3 is 0 Å². The van der Waals surface area contributed by atoms with Crippen LogP contribution in [0.1, 0.15) is 105 Å². The molecule has 24 rings (SSSR count). The second-order valence-corrected chi connectivity index (χ2v) is 37.0. The molecule has 738 valence electrons. The Morgan fingerprint density at radius 3 is 0.959 bits per heavy atom. The Hall–Kier alpha value is -16.5. The zero-order valence-electron chi connectivity index (χ0n) is 80.3. The summed E-state index contributed by atoms with van der Waals surface area (Å²) in [5, 5.41) is 14.9. The van der Waals surface area contributed by atoms with Gasteiger partial charge in [-0.15, -0.1) is 0 Å². The van der Waals surface area contributed by atoms with E-state index in [4.69, 9.17) is 94.4 Å². The van der Waals surface area contributed by atoms with Crippen LogP contribution in [0.15, 0.2) is 267 Å². The Morgan fingerprint density at radius 1 is 0.340 bits per heavy atom. The molecule has 0 aliphatic carbocycles. The number of nitrogens with one attached hydrogen (secondary N) is 3. The summed E-state index contributed by atoms with van der Waals surface area (Å²) in [5.74, 6) is 6.23. The van der Waals surface area contributed by atoms with Crippen molar-refractivity contribution in [2.45, 2.75) is 109 Å². The average Bonchev–Trinajstić information content (AvgIpc) is 1.61. The van der Waals surface area contributed by atoms with E-state index < -0.39 is 0 Å². The number of unbranched alkanes of at least 4 members (excludes halogenated alkanes) is 1. The van der Waals surface area contributed by atoms with E-state index in [0.717, 1.165) is 222 Å². The van der Waals surface area contributed by atoms with Crippen LogP contribution in [0.25, 0.3) is 134 Å². The number of pyridine rings is 4. The van der Waals surface area contributed by atoms with Gasteiger partial charge in [-0.2, -0.15) is 0 Å². The summed E-state index contributed by atoms with van der Waals surface area (Å²) >= 11 is 19.4. The molecular weight excluding hydrogens is 1930 g/mol. The molecule has 0 fully saturated rings. The number of nitrogens with two attached hydrogens (primary N) is 1. The van der Waals surface area contributed by atoms with E-state index in [1.54, 1.807) is 86.4 Å². The smallest absolute Gasteiger partial charge is 0.233 e. The van der Waals surface area contributed by atoms with Crippen molar-refractivity contribution in [3.05, 3.63) is 335 Å². The molecule has 4 unspecified atom stereocenters. The van der Waals surface area contributed by atoms with Gasteiger partial charge in [0, 0.05) is 120 Å². The Labute approximate surface area is 857 Å². The standard InChI is InChI=1S/C31H31FN6O.C28H24ClFN6O.C27H22ClFN6O.C26H20ClFN6O/c1-3-4-16-33-31-34-17-15-26(36-31)29-28(21-9-11-23(32)12-10-21)37-27-14-13-24(38(27)29)19-39-30-20(2)18-22-7-5-6-8-25(22)35-30;1-2-31-28-32-14-13-23(34-28)26-25(17-7-9-19(30)10-8-17)35-24-12-11-20(36(24)26)16-37-27-21(29)15-18-5-3-4-6-22(18)33-27;1-30-27-31-13-12-22(33-27)25-24(16-6-8-18(29)9-7-16)34-23-11-10-19(35(23)25)15-36-26-20(28)14-17-4-2-3-5-21(17)32-26;27-19-13-16-3-1-2-4-20(16)31-25(19)35-14-18-9-10-22-33-23(15-5-7-17(28)8-6-15)24(34(18)22)21-11-12-30-26(29)32-21/h5-12,15,17-18,24H,3-4,13-14,16,19H2,1-2H3,(H,33,34,36);3-10,13-15,20H,2,11-12,16H2,1H3,(H,31,32,34);2-9,12-14,19H,10-11,15H2,1H3,(H,30,31,33);1-8,11-13,18H,9-10,14H2,(H2,29,30,32). The lowest BCUT2D eigenvalue weighted by atomic mass is 10.1. The summed E-state index contributed by atoms with van der Waals surface area (Å²) in [6, 6.07) is 72.1. The largest absolute Gasteiger partial charge is 0.475 e. The third-order valence-electron chi connectivity index (χ3n) is 26.1. The van der Waals surface area contributed by atoms with Crippen LogP contribution in [0.2, 0.25) is 15.1 Å². The van der Waals surface area contributed by atoms with Crippen molar-refractivity contribution < 1.29 is 36.5 Å². The van der Waals surface area contributed by atoms with E-state index in [-0.39, 0.29) is 53.4 Å². The minimum Gasteiger partial charge on any atom is -0.475 e. The maximum absolute atomic E-state index is 13.8. The van der Waals surface area contributed by atoms with Gasteiger partial charge in [-0.05, 0) is 216 Å².